The van der Waals surface area contributed by atoms with E-state index in [4.69, 9.17) is 0 Å². The van der Waals surface area contributed by atoms with E-state index in [1.807, 2.05) is 6.92 Å². The van der Waals surface area contributed by atoms with Crippen LogP contribution in [0.15, 0.2) is 38.0 Å². The molecule has 0 saturated heterocycles. The molecule has 0 spiro atoms. The third-order valence-corrected chi connectivity index (χ3v) is 4.06. The summed E-state index contributed by atoms with van der Waals surface area (Å²) in [5.74, 6) is -0.241. The van der Waals surface area contributed by atoms with Crippen molar-refractivity contribution in [1.82, 2.24) is 15.1 Å². The minimum absolute atomic E-state index is 0.241. The van der Waals surface area contributed by atoms with Crippen LogP contribution in [0.25, 0.3) is 0 Å². The zero-order valence-corrected chi connectivity index (χ0v) is 14.3. The quantitative estimate of drug-likeness (QED) is 0.688. The summed E-state index contributed by atoms with van der Waals surface area (Å²) in [4.78, 5) is 12.6. The van der Waals surface area contributed by atoms with Crippen LogP contribution in [0, 0.1) is 13.8 Å². The van der Waals surface area contributed by atoms with Crippen LogP contribution in [-0.2, 0) is 6.54 Å². The summed E-state index contributed by atoms with van der Waals surface area (Å²) < 4.78 is 1.74. The van der Waals surface area contributed by atoms with Gasteiger partial charge in [-0.05, 0) is 33.6 Å². The normalized spacial score (nSPS) is 12.5. The van der Waals surface area contributed by atoms with Crippen LogP contribution in [0.1, 0.15) is 41.5 Å². The minimum atomic E-state index is -1.10. The van der Waals surface area contributed by atoms with Gasteiger partial charge in [-0.15, -0.1) is 19.7 Å². The molecule has 1 amide bonds. The van der Waals surface area contributed by atoms with Gasteiger partial charge < -0.3 is 10.4 Å². The van der Waals surface area contributed by atoms with E-state index in [9.17, 15) is 9.90 Å². The monoisotopic (exact) mass is 317 g/mol. The van der Waals surface area contributed by atoms with Gasteiger partial charge >= 0.3 is 0 Å². The maximum Gasteiger partial charge on any atom is 0.255 e. The van der Waals surface area contributed by atoms with Crippen molar-refractivity contribution >= 4 is 5.91 Å². The molecule has 23 heavy (non-hydrogen) atoms. The molecule has 2 N–H and O–H groups in total. The Hall–Kier alpha value is -2.14. The maximum absolute atomic E-state index is 12.6. The first-order valence-electron chi connectivity index (χ1n) is 7.70. The number of aliphatic hydroxyl groups is 1. The zero-order chi connectivity index (χ0) is 17.6. The Kier molecular flexibility index (Phi) is 6.51. The molecule has 1 rings (SSSR count). The van der Waals surface area contributed by atoms with Gasteiger partial charge in [0.25, 0.3) is 5.91 Å². The highest BCUT2D eigenvalue weighted by Gasteiger charge is 2.33. The van der Waals surface area contributed by atoms with Gasteiger partial charge in [0.05, 0.1) is 29.4 Å². The number of aromatic nitrogens is 2. The SMILES string of the molecule is C=CCn1nc(C)c(C(=O)N[C@@H](C)C(O)(CC=C)CC=C)c1C. The van der Waals surface area contributed by atoms with Gasteiger partial charge in [-0.1, -0.05) is 18.2 Å². The van der Waals surface area contributed by atoms with Crippen molar-refractivity contribution in [3.05, 3.63) is 54.9 Å². The van der Waals surface area contributed by atoms with Gasteiger partial charge in [0.15, 0.2) is 0 Å². The summed E-state index contributed by atoms with van der Waals surface area (Å²) in [5, 5.41) is 17.9. The van der Waals surface area contributed by atoms with Crippen molar-refractivity contribution in [2.45, 2.75) is 51.8 Å². The summed E-state index contributed by atoms with van der Waals surface area (Å²) in [7, 11) is 0. The standard InChI is InChI=1S/C18H27N3O2/c1-7-10-18(23,11-8-2)15(6)19-17(22)16-13(4)20-21(12-9-3)14(16)5/h7-9,15,23H,1-3,10-12H2,4-6H3,(H,19,22)/t15-/m0/s1. The Morgan fingerprint density at radius 3 is 2.35 bits per heavy atom. The second kappa shape index (κ2) is 7.92. The number of nitrogens with zero attached hydrogens (tertiary/aromatic N) is 2. The van der Waals surface area contributed by atoms with E-state index in [0.29, 0.717) is 30.6 Å². The first-order valence-corrected chi connectivity index (χ1v) is 7.70. The lowest BCUT2D eigenvalue weighted by Crippen LogP contribution is -2.50. The molecule has 0 aliphatic carbocycles. The Bertz CT molecular complexity index is 592. The first kappa shape index (κ1) is 18.9. The lowest BCUT2D eigenvalue weighted by Gasteiger charge is -2.33. The number of aryl methyl sites for hydroxylation is 1. The van der Waals surface area contributed by atoms with Crippen LogP contribution >= 0.6 is 0 Å². The van der Waals surface area contributed by atoms with Crippen LogP contribution in [0.3, 0.4) is 0 Å². The number of allylic oxidation sites excluding steroid dienone is 1. The van der Waals surface area contributed by atoms with Gasteiger partial charge in [0.1, 0.15) is 0 Å². The molecule has 1 heterocycles. The zero-order valence-electron chi connectivity index (χ0n) is 14.3. The van der Waals surface area contributed by atoms with Crippen molar-refractivity contribution in [2.75, 3.05) is 0 Å². The van der Waals surface area contributed by atoms with Crippen molar-refractivity contribution in [2.24, 2.45) is 0 Å². The summed E-state index contributed by atoms with van der Waals surface area (Å²) >= 11 is 0. The van der Waals surface area contributed by atoms with E-state index in [1.165, 1.54) is 0 Å². The molecule has 0 aliphatic heterocycles. The highest BCUT2D eigenvalue weighted by atomic mass is 16.3. The van der Waals surface area contributed by atoms with Crippen molar-refractivity contribution in [3.63, 3.8) is 0 Å². The average Bonchev–Trinajstić information content (AvgIpc) is 2.74. The van der Waals surface area contributed by atoms with E-state index in [0.717, 1.165) is 5.69 Å². The molecule has 0 aliphatic rings. The molecule has 0 bridgehead atoms. The van der Waals surface area contributed by atoms with Crippen LogP contribution < -0.4 is 5.32 Å². The van der Waals surface area contributed by atoms with Crippen LogP contribution in [-0.4, -0.2) is 32.4 Å². The van der Waals surface area contributed by atoms with Gasteiger partial charge in [-0.2, -0.15) is 5.10 Å². The summed E-state index contributed by atoms with van der Waals surface area (Å²) in [5.41, 5.74) is 0.879. The Labute approximate surface area is 138 Å². The first-order chi connectivity index (χ1) is 10.8. The van der Waals surface area contributed by atoms with E-state index < -0.39 is 11.6 Å². The highest BCUT2D eigenvalue weighted by Crippen LogP contribution is 2.22. The predicted octanol–water partition coefficient (Wildman–Crippen LogP) is 2.69. The lowest BCUT2D eigenvalue weighted by atomic mass is 9.88. The minimum Gasteiger partial charge on any atom is -0.387 e. The molecule has 0 fully saturated rings. The number of nitrogens with one attached hydrogen (secondary N) is 1. The van der Waals surface area contributed by atoms with Gasteiger partial charge in [0.2, 0.25) is 0 Å². The van der Waals surface area contributed by atoms with Crippen LogP contribution in [0.5, 0.6) is 0 Å². The summed E-state index contributed by atoms with van der Waals surface area (Å²) in [6.45, 7) is 17.0. The topological polar surface area (TPSA) is 67.2 Å². The lowest BCUT2D eigenvalue weighted by molar-refractivity contribution is 0.0127. The van der Waals surface area contributed by atoms with Crippen molar-refractivity contribution in [1.29, 1.82) is 0 Å². The molecule has 5 heteroatoms. The fourth-order valence-corrected chi connectivity index (χ4v) is 2.67. The van der Waals surface area contributed by atoms with Crippen LogP contribution in [0.4, 0.5) is 0 Å². The van der Waals surface area contributed by atoms with Gasteiger partial charge in [0, 0.05) is 5.69 Å². The molecule has 0 unspecified atom stereocenters. The molecular weight excluding hydrogens is 290 g/mol. The number of hydrogen-bond acceptors (Lipinski definition) is 3. The van der Waals surface area contributed by atoms with Crippen molar-refractivity contribution < 1.29 is 9.90 Å². The second-order valence-corrected chi connectivity index (χ2v) is 5.80. The van der Waals surface area contributed by atoms with Crippen molar-refractivity contribution in [3.8, 4) is 0 Å². The number of carbonyl (C=O) groups is 1. The summed E-state index contributed by atoms with van der Waals surface area (Å²) in [6, 6.07) is -0.451. The third kappa shape index (κ3) is 4.20. The molecule has 0 aromatic carbocycles. The van der Waals surface area contributed by atoms with Gasteiger partial charge in [-0.3, -0.25) is 9.48 Å². The fourth-order valence-electron chi connectivity index (χ4n) is 2.67. The second-order valence-electron chi connectivity index (χ2n) is 5.80. The smallest absolute Gasteiger partial charge is 0.255 e. The average molecular weight is 317 g/mol. The van der Waals surface area contributed by atoms with E-state index in [1.54, 1.807) is 36.8 Å². The van der Waals surface area contributed by atoms with Crippen LogP contribution in [0.2, 0.25) is 0 Å². The molecular formula is C18H27N3O2. The van der Waals surface area contributed by atoms with Gasteiger partial charge in [-0.25, -0.2) is 0 Å². The largest absolute Gasteiger partial charge is 0.387 e. The highest BCUT2D eigenvalue weighted by molar-refractivity contribution is 5.96. The Balaban J connectivity index is 3.00. The molecule has 0 radical (unpaired) electrons. The van der Waals surface area contributed by atoms with E-state index in [2.05, 4.69) is 30.2 Å². The molecule has 1 aromatic heterocycles. The number of rotatable bonds is 9. The molecule has 1 aromatic rings. The Morgan fingerprint density at radius 1 is 1.30 bits per heavy atom. The molecule has 5 nitrogen and oxygen atoms in total. The maximum atomic E-state index is 12.6. The molecule has 0 saturated carbocycles. The molecule has 1 atom stereocenters. The van der Waals surface area contributed by atoms with E-state index >= 15 is 0 Å². The number of hydrogen-bond donors (Lipinski definition) is 2. The number of amides is 1. The Morgan fingerprint density at radius 2 is 1.87 bits per heavy atom. The van der Waals surface area contributed by atoms with E-state index in [-0.39, 0.29) is 5.91 Å². The predicted molar refractivity (Wildman–Crippen MR) is 93.4 cm³/mol. The number of carbonyl (C=O) groups excluding carboxylic acids is 1. The fraction of sp³-hybridized carbons (Fsp3) is 0.444. The summed E-state index contributed by atoms with van der Waals surface area (Å²) in [6.07, 6.45) is 5.76. The molecule has 126 valence electrons. The third-order valence-electron chi connectivity index (χ3n) is 4.06.